The molecule has 3 rings (SSSR count). The van der Waals surface area contributed by atoms with Crippen LogP contribution in [0.3, 0.4) is 0 Å². The third-order valence-corrected chi connectivity index (χ3v) is 4.82. The van der Waals surface area contributed by atoms with Crippen LogP contribution in [-0.4, -0.2) is 62.1 Å². The number of nitrogens with zero attached hydrogens (tertiary/aromatic N) is 2. The molecule has 0 aromatic heterocycles. The predicted octanol–water partition coefficient (Wildman–Crippen LogP) is 2.24. The van der Waals surface area contributed by atoms with Crippen molar-refractivity contribution in [2.24, 2.45) is 5.92 Å². The first-order valence-corrected chi connectivity index (χ1v) is 9.48. The van der Waals surface area contributed by atoms with Gasteiger partial charge in [-0.05, 0) is 31.8 Å². The van der Waals surface area contributed by atoms with E-state index in [0.717, 1.165) is 31.9 Å². The molecule has 2 aromatic carbocycles. The Kier molecular flexibility index (Phi) is 6.85. The summed E-state index contributed by atoms with van der Waals surface area (Å²) in [6, 6.07) is 20.1. The number of ether oxygens (including phenoxy) is 1. The lowest BCUT2D eigenvalue weighted by Crippen LogP contribution is -2.45. The maximum absolute atomic E-state index is 12.4. The predicted molar refractivity (Wildman–Crippen MR) is 108 cm³/mol. The van der Waals surface area contributed by atoms with E-state index in [0.29, 0.717) is 5.92 Å². The first-order valence-electron chi connectivity index (χ1n) is 9.48. The van der Waals surface area contributed by atoms with Gasteiger partial charge >= 0.3 is 0 Å². The molecule has 144 valence electrons. The SMILES string of the molecule is CN(C)C[C@@H]1CN(Cc2ccccc2)CC1NC(=O)COc1ccccc1. The van der Waals surface area contributed by atoms with Crippen molar-refractivity contribution in [1.82, 2.24) is 15.1 Å². The smallest absolute Gasteiger partial charge is 0.258 e. The molecule has 1 aliphatic rings. The van der Waals surface area contributed by atoms with Crippen molar-refractivity contribution < 1.29 is 9.53 Å². The Bertz CT molecular complexity index is 706. The number of rotatable bonds is 8. The Hall–Kier alpha value is -2.37. The molecule has 0 saturated carbocycles. The minimum absolute atomic E-state index is 0.0495. The van der Waals surface area contributed by atoms with Crippen LogP contribution in [-0.2, 0) is 11.3 Å². The molecule has 0 spiro atoms. The standard InChI is InChI=1S/C22H29N3O2/c1-24(2)14-19-15-25(13-18-9-5-3-6-10-18)16-21(19)23-22(26)17-27-20-11-7-4-8-12-20/h3-12,19,21H,13-17H2,1-2H3,(H,23,26)/t19-,21?/m1/s1. The summed E-state index contributed by atoms with van der Waals surface area (Å²) in [6.45, 7) is 3.77. The summed E-state index contributed by atoms with van der Waals surface area (Å²) < 4.78 is 5.58. The molecule has 1 heterocycles. The van der Waals surface area contributed by atoms with Crippen molar-refractivity contribution in [3.05, 3.63) is 66.2 Å². The Morgan fingerprint density at radius 1 is 1.07 bits per heavy atom. The van der Waals surface area contributed by atoms with Gasteiger partial charge in [0, 0.05) is 38.1 Å². The van der Waals surface area contributed by atoms with E-state index in [1.807, 2.05) is 36.4 Å². The lowest BCUT2D eigenvalue weighted by Gasteiger charge is -2.23. The van der Waals surface area contributed by atoms with E-state index in [1.165, 1.54) is 5.56 Å². The van der Waals surface area contributed by atoms with Gasteiger partial charge in [0.15, 0.2) is 6.61 Å². The highest BCUT2D eigenvalue weighted by molar-refractivity contribution is 5.78. The molecular weight excluding hydrogens is 338 g/mol. The second-order valence-electron chi connectivity index (χ2n) is 7.48. The van der Waals surface area contributed by atoms with E-state index < -0.39 is 0 Å². The fourth-order valence-corrected chi connectivity index (χ4v) is 3.66. The Labute approximate surface area is 161 Å². The summed E-state index contributed by atoms with van der Waals surface area (Å²) in [7, 11) is 4.16. The normalized spacial score (nSPS) is 20.0. The van der Waals surface area contributed by atoms with Crippen LogP contribution in [0, 0.1) is 5.92 Å². The van der Waals surface area contributed by atoms with E-state index in [9.17, 15) is 4.79 Å². The van der Waals surface area contributed by atoms with Gasteiger partial charge in [0.1, 0.15) is 5.75 Å². The summed E-state index contributed by atoms with van der Waals surface area (Å²) in [5, 5.41) is 3.19. The van der Waals surface area contributed by atoms with Crippen molar-refractivity contribution >= 4 is 5.91 Å². The van der Waals surface area contributed by atoms with Crippen LogP contribution in [0.4, 0.5) is 0 Å². The van der Waals surface area contributed by atoms with Crippen molar-refractivity contribution in [3.8, 4) is 5.75 Å². The Morgan fingerprint density at radius 2 is 1.74 bits per heavy atom. The van der Waals surface area contributed by atoms with Crippen LogP contribution in [0.15, 0.2) is 60.7 Å². The van der Waals surface area contributed by atoms with Gasteiger partial charge < -0.3 is 15.0 Å². The Balaban J connectivity index is 1.55. The Morgan fingerprint density at radius 3 is 2.41 bits per heavy atom. The fourth-order valence-electron chi connectivity index (χ4n) is 3.66. The zero-order valence-corrected chi connectivity index (χ0v) is 16.2. The zero-order chi connectivity index (χ0) is 19.1. The fraction of sp³-hybridized carbons (Fsp3) is 0.409. The first-order chi connectivity index (χ1) is 13.1. The topological polar surface area (TPSA) is 44.8 Å². The summed E-state index contributed by atoms with van der Waals surface area (Å²) in [5.41, 5.74) is 1.31. The van der Waals surface area contributed by atoms with Crippen LogP contribution in [0.2, 0.25) is 0 Å². The average Bonchev–Trinajstić information content (AvgIpc) is 3.01. The molecule has 2 atom stereocenters. The van der Waals surface area contributed by atoms with Crippen LogP contribution in [0.1, 0.15) is 5.56 Å². The first kappa shape index (κ1) is 19.4. The molecule has 0 bridgehead atoms. The van der Waals surface area contributed by atoms with Gasteiger partial charge in [0.2, 0.25) is 0 Å². The number of nitrogens with one attached hydrogen (secondary N) is 1. The summed E-state index contributed by atoms with van der Waals surface area (Å²) in [4.78, 5) is 17.0. The van der Waals surface area contributed by atoms with E-state index in [-0.39, 0.29) is 18.6 Å². The molecule has 2 aromatic rings. The number of carbonyl (C=O) groups excluding carboxylic acids is 1. The van der Waals surface area contributed by atoms with Crippen molar-refractivity contribution in [1.29, 1.82) is 0 Å². The van der Waals surface area contributed by atoms with Gasteiger partial charge in [-0.15, -0.1) is 0 Å². The molecule has 5 heteroatoms. The monoisotopic (exact) mass is 367 g/mol. The zero-order valence-electron chi connectivity index (χ0n) is 16.2. The van der Waals surface area contributed by atoms with E-state index in [1.54, 1.807) is 0 Å². The lowest BCUT2D eigenvalue weighted by molar-refractivity contribution is -0.124. The molecule has 0 aliphatic carbocycles. The largest absolute Gasteiger partial charge is 0.484 e. The molecule has 0 radical (unpaired) electrons. The minimum atomic E-state index is -0.0610. The summed E-state index contributed by atoms with van der Waals surface area (Å²) in [5.74, 6) is 1.06. The maximum atomic E-state index is 12.4. The number of hydrogen-bond acceptors (Lipinski definition) is 4. The van der Waals surface area contributed by atoms with Gasteiger partial charge in [0.05, 0.1) is 0 Å². The number of carbonyl (C=O) groups is 1. The summed E-state index contributed by atoms with van der Waals surface area (Å²) in [6.07, 6.45) is 0. The average molecular weight is 367 g/mol. The van der Waals surface area contributed by atoms with Gasteiger partial charge in [-0.3, -0.25) is 9.69 Å². The highest BCUT2D eigenvalue weighted by atomic mass is 16.5. The van der Waals surface area contributed by atoms with Crippen molar-refractivity contribution in [2.45, 2.75) is 12.6 Å². The quantitative estimate of drug-likeness (QED) is 0.777. The maximum Gasteiger partial charge on any atom is 0.258 e. The molecule has 5 nitrogen and oxygen atoms in total. The second kappa shape index (κ2) is 9.53. The molecule has 1 amide bonds. The third-order valence-electron chi connectivity index (χ3n) is 4.82. The number of likely N-dealkylation sites (tertiary alicyclic amines) is 1. The number of hydrogen-bond donors (Lipinski definition) is 1. The highest BCUT2D eigenvalue weighted by Gasteiger charge is 2.33. The molecular formula is C22H29N3O2. The number of para-hydroxylation sites is 1. The van der Waals surface area contributed by atoms with Gasteiger partial charge in [0.25, 0.3) is 5.91 Å². The lowest BCUT2D eigenvalue weighted by atomic mass is 10.0. The second-order valence-corrected chi connectivity index (χ2v) is 7.48. The number of amides is 1. The summed E-state index contributed by atoms with van der Waals surface area (Å²) >= 11 is 0. The number of benzene rings is 2. The van der Waals surface area contributed by atoms with Crippen LogP contribution < -0.4 is 10.1 Å². The van der Waals surface area contributed by atoms with Gasteiger partial charge in [-0.1, -0.05) is 48.5 Å². The van der Waals surface area contributed by atoms with Gasteiger partial charge in [-0.2, -0.15) is 0 Å². The highest BCUT2D eigenvalue weighted by Crippen LogP contribution is 2.20. The van der Waals surface area contributed by atoms with E-state index in [4.69, 9.17) is 4.74 Å². The van der Waals surface area contributed by atoms with Crippen LogP contribution >= 0.6 is 0 Å². The van der Waals surface area contributed by atoms with E-state index in [2.05, 4.69) is 53.5 Å². The molecule has 1 N–H and O–H groups in total. The van der Waals surface area contributed by atoms with Crippen molar-refractivity contribution in [3.63, 3.8) is 0 Å². The third kappa shape index (κ3) is 6.08. The molecule has 27 heavy (non-hydrogen) atoms. The molecule has 1 unspecified atom stereocenters. The van der Waals surface area contributed by atoms with Crippen molar-refractivity contribution in [2.75, 3.05) is 40.3 Å². The van der Waals surface area contributed by atoms with Crippen LogP contribution in [0.5, 0.6) is 5.75 Å². The minimum Gasteiger partial charge on any atom is -0.484 e. The molecule has 1 fully saturated rings. The molecule has 1 aliphatic heterocycles. The van der Waals surface area contributed by atoms with E-state index >= 15 is 0 Å². The van der Waals surface area contributed by atoms with Crippen LogP contribution in [0.25, 0.3) is 0 Å². The van der Waals surface area contributed by atoms with Gasteiger partial charge in [-0.25, -0.2) is 0 Å². The molecule has 1 saturated heterocycles.